The van der Waals surface area contributed by atoms with Crippen molar-refractivity contribution in [3.05, 3.63) is 68.5 Å². The van der Waals surface area contributed by atoms with Gasteiger partial charge in [0.2, 0.25) is 0 Å². The molecule has 0 fully saturated rings. The average molecular weight is 393 g/mol. The van der Waals surface area contributed by atoms with Crippen LogP contribution < -0.4 is 5.56 Å². The molecule has 3 aromatic rings. The van der Waals surface area contributed by atoms with Gasteiger partial charge in [-0.2, -0.15) is 0 Å². The highest BCUT2D eigenvalue weighted by molar-refractivity contribution is 14.1. The number of rotatable bonds is 2. The van der Waals surface area contributed by atoms with Gasteiger partial charge in [-0.3, -0.25) is 4.79 Å². The Kier molecular flexibility index (Phi) is 3.85. The van der Waals surface area contributed by atoms with Crippen molar-refractivity contribution < 1.29 is 0 Å². The SMILES string of the molecule is Cn1c(=O)cc(Sc2ccc(I)cc2)c2ccccc21. The van der Waals surface area contributed by atoms with Gasteiger partial charge in [-0.25, -0.2) is 0 Å². The predicted octanol–water partition coefficient (Wildman–Crippen LogP) is 4.29. The second-order valence-corrected chi connectivity index (χ2v) is 6.84. The molecule has 0 saturated carbocycles. The molecule has 0 spiro atoms. The van der Waals surface area contributed by atoms with Gasteiger partial charge < -0.3 is 4.57 Å². The summed E-state index contributed by atoms with van der Waals surface area (Å²) in [7, 11) is 1.81. The largest absolute Gasteiger partial charge is 0.311 e. The summed E-state index contributed by atoms with van der Waals surface area (Å²) in [5.74, 6) is 0. The molecule has 0 amide bonds. The Hall–Kier alpha value is -1.27. The van der Waals surface area contributed by atoms with E-state index in [1.54, 1.807) is 22.4 Å². The van der Waals surface area contributed by atoms with Crippen molar-refractivity contribution in [3.63, 3.8) is 0 Å². The normalized spacial score (nSPS) is 10.9. The van der Waals surface area contributed by atoms with Crippen molar-refractivity contribution in [3.8, 4) is 0 Å². The minimum Gasteiger partial charge on any atom is -0.311 e. The van der Waals surface area contributed by atoms with Crippen LogP contribution in [0.25, 0.3) is 10.9 Å². The van der Waals surface area contributed by atoms with E-state index in [2.05, 4.69) is 52.9 Å². The van der Waals surface area contributed by atoms with Crippen LogP contribution in [0.1, 0.15) is 0 Å². The van der Waals surface area contributed by atoms with E-state index in [4.69, 9.17) is 0 Å². The summed E-state index contributed by atoms with van der Waals surface area (Å²) < 4.78 is 2.90. The van der Waals surface area contributed by atoms with E-state index in [0.717, 1.165) is 20.7 Å². The van der Waals surface area contributed by atoms with E-state index in [0.29, 0.717) is 0 Å². The lowest BCUT2D eigenvalue weighted by Crippen LogP contribution is -2.15. The first-order valence-electron chi connectivity index (χ1n) is 6.17. The van der Waals surface area contributed by atoms with Gasteiger partial charge in [-0.05, 0) is 52.9 Å². The van der Waals surface area contributed by atoms with E-state index in [1.807, 2.05) is 25.2 Å². The summed E-state index contributed by atoms with van der Waals surface area (Å²) in [6.07, 6.45) is 0. The summed E-state index contributed by atoms with van der Waals surface area (Å²) in [6, 6.07) is 18.0. The number of benzene rings is 2. The highest BCUT2D eigenvalue weighted by atomic mass is 127. The fraction of sp³-hybridized carbons (Fsp3) is 0.0625. The summed E-state index contributed by atoms with van der Waals surface area (Å²) in [4.78, 5) is 14.2. The van der Waals surface area contributed by atoms with E-state index < -0.39 is 0 Å². The van der Waals surface area contributed by atoms with Gasteiger partial charge in [0.1, 0.15) is 0 Å². The first-order valence-corrected chi connectivity index (χ1v) is 8.07. The van der Waals surface area contributed by atoms with Crippen LogP contribution >= 0.6 is 34.4 Å². The number of hydrogen-bond donors (Lipinski definition) is 0. The van der Waals surface area contributed by atoms with Gasteiger partial charge in [0, 0.05) is 31.9 Å². The molecule has 0 unspecified atom stereocenters. The van der Waals surface area contributed by atoms with Gasteiger partial charge in [-0.15, -0.1) is 0 Å². The van der Waals surface area contributed by atoms with Gasteiger partial charge in [0.25, 0.3) is 5.56 Å². The second kappa shape index (κ2) is 5.61. The average Bonchev–Trinajstić information content (AvgIpc) is 2.47. The van der Waals surface area contributed by atoms with Crippen LogP contribution in [-0.2, 0) is 7.05 Å². The molecule has 0 aliphatic rings. The smallest absolute Gasteiger partial charge is 0.251 e. The number of aromatic nitrogens is 1. The van der Waals surface area contributed by atoms with Gasteiger partial charge in [-0.1, -0.05) is 30.0 Å². The Morgan fingerprint density at radius 2 is 1.75 bits per heavy atom. The molecule has 0 atom stereocenters. The Bertz CT molecular complexity index is 824. The van der Waals surface area contributed by atoms with E-state index in [9.17, 15) is 4.79 Å². The zero-order valence-electron chi connectivity index (χ0n) is 10.8. The van der Waals surface area contributed by atoms with Crippen LogP contribution in [0.4, 0.5) is 0 Å². The Morgan fingerprint density at radius 3 is 2.50 bits per heavy atom. The second-order valence-electron chi connectivity index (χ2n) is 4.48. The third-order valence-corrected chi connectivity index (χ3v) is 4.94. The van der Waals surface area contributed by atoms with Crippen molar-refractivity contribution in [1.29, 1.82) is 0 Å². The molecule has 1 aromatic heterocycles. The first kappa shape index (κ1) is 13.7. The topological polar surface area (TPSA) is 22.0 Å². The minimum absolute atomic E-state index is 0.0247. The van der Waals surface area contributed by atoms with Gasteiger partial charge in [0.05, 0.1) is 5.52 Å². The number of aryl methyl sites for hydroxylation is 1. The Morgan fingerprint density at radius 1 is 1.05 bits per heavy atom. The molecule has 0 N–H and O–H groups in total. The van der Waals surface area contributed by atoms with Gasteiger partial charge in [0.15, 0.2) is 0 Å². The lowest BCUT2D eigenvalue weighted by molar-refractivity contribution is 0.898. The Balaban J connectivity index is 2.14. The van der Waals surface area contributed by atoms with Crippen molar-refractivity contribution >= 4 is 45.3 Å². The van der Waals surface area contributed by atoms with Crippen LogP contribution in [0.5, 0.6) is 0 Å². The molecule has 2 aromatic carbocycles. The molecule has 0 aliphatic heterocycles. The molecule has 4 heteroatoms. The van der Waals surface area contributed by atoms with Crippen molar-refractivity contribution in [2.24, 2.45) is 7.05 Å². The molecule has 0 saturated heterocycles. The third-order valence-electron chi connectivity index (χ3n) is 3.16. The van der Waals surface area contributed by atoms with Crippen LogP contribution in [0.3, 0.4) is 0 Å². The van der Waals surface area contributed by atoms with Crippen LogP contribution in [0.15, 0.2) is 69.2 Å². The summed E-state index contributed by atoms with van der Waals surface area (Å²) in [6.45, 7) is 0. The van der Waals surface area contributed by atoms with Crippen LogP contribution in [-0.4, -0.2) is 4.57 Å². The maximum atomic E-state index is 12.0. The summed E-state index contributed by atoms with van der Waals surface area (Å²) in [5.41, 5.74) is 0.990. The molecule has 0 radical (unpaired) electrons. The molecule has 0 aliphatic carbocycles. The Labute approximate surface area is 135 Å². The molecule has 100 valence electrons. The first-order chi connectivity index (χ1) is 9.65. The zero-order valence-corrected chi connectivity index (χ0v) is 13.8. The number of hydrogen-bond acceptors (Lipinski definition) is 2. The highest BCUT2D eigenvalue weighted by Crippen LogP contribution is 2.32. The maximum absolute atomic E-state index is 12.0. The predicted molar refractivity (Wildman–Crippen MR) is 92.5 cm³/mol. The monoisotopic (exact) mass is 393 g/mol. The molecular weight excluding hydrogens is 381 g/mol. The fourth-order valence-corrected chi connectivity index (χ4v) is 3.42. The lowest BCUT2D eigenvalue weighted by Gasteiger charge is -2.09. The molecular formula is C16H12INOS. The van der Waals surface area contributed by atoms with E-state index in [-0.39, 0.29) is 5.56 Å². The molecule has 2 nitrogen and oxygen atoms in total. The van der Waals surface area contributed by atoms with Crippen molar-refractivity contribution in [2.75, 3.05) is 0 Å². The van der Waals surface area contributed by atoms with E-state index >= 15 is 0 Å². The lowest BCUT2D eigenvalue weighted by atomic mass is 10.2. The summed E-state index contributed by atoms with van der Waals surface area (Å²) in [5, 5.41) is 1.11. The number of fused-ring (bicyclic) bond motifs is 1. The molecule has 1 heterocycles. The van der Waals surface area contributed by atoms with Crippen molar-refractivity contribution in [2.45, 2.75) is 9.79 Å². The van der Waals surface area contributed by atoms with Crippen LogP contribution in [0, 0.1) is 3.57 Å². The number of pyridine rings is 1. The number of nitrogens with zero attached hydrogens (tertiary/aromatic N) is 1. The molecule has 20 heavy (non-hydrogen) atoms. The minimum atomic E-state index is 0.0247. The quantitative estimate of drug-likeness (QED) is 0.606. The third kappa shape index (κ3) is 2.62. The molecule has 0 bridgehead atoms. The fourth-order valence-electron chi connectivity index (χ4n) is 2.09. The van der Waals surface area contributed by atoms with Crippen LogP contribution in [0.2, 0.25) is 0 Å². The standard InChI is InChI=1S/C16H12INOS/c1-18-14-5-3-2-4-13(14)15(10-16(18)19)20-12-8-6-11(17)7-9-12/h2-10H,1H3. The zero-order chi connectivity index (χ0) is 14.1. The maximum Gasteiger partial charge on any atom is 0.251 e. The number of para-hydroxylation sites is 1. The highest BCUT2D eigenvalue weighted by Gasteiger charge is 2.07. The van der Waals surface area contributed by atoms with Crippen molar-refractivity contribution in [1.82, 2.24) is 4.57 Å². The molecule has 3 rings (SSSR count). The van der Waals surface area contributed by atoms with E-state index in [1.165, 1.54) is 3.57 Å². The number of halogens is 1. The van der Waals surface area contributed by atoms with Gasteiger partial charge >= 0.3 is 0 Å². The summed E-state index contributed by atoms with van der Waals surface area (Å²) >= 11 is 3.92.